The summed E-state index contributed by atoms with van der Waals surface area (Å²) in [5.74, 6) is 0. The van der Waals surface area contributed by atoms with Crippen LogP contribution >= 0.6 is 11.3 Å². The van der Waals surface area contributed by atoms with Crippen molar-refractivity contribution in [3.8, 4) is 10.6 Å². The normalized spacial score (nSPS) is 19.3. The van der Waals surface area contributed by atoms with E-state index in [0.717, 1.165) is 18.0 Å². The highest BCUT2D eigenvalue weighted by Crippen LogP contribution is 2.31. The van der Waals surface area contributed by atoms with Gasteiger partial charge in [0.15, 0.2) is 0 Å². The van der Waals surface area contributed by atoms with Crippen molar-refractivity contribution in [2.24, 2.45) is 0 Å². The van der Waals surface area contributed by atoms with Crippen LogP contribution in [0.15, 0.2) is 23.8 Å². The fourth-order valence-electron chi connectivity index (χ4n) is 2.42. The summed E-state index contributed by atoms with van der Waals surface area (Å²) in [6, 6.07) is 2.53. The molecule has 0 bridgehead atoms. The third-order valence-electron chi connectivity index (χ3n) is 3.45. The first-order valence-electron chi connectivity index (χ1n) is 6.50. The first-order valence-corrected chi connectivity index (χ1v) is 7.38. The van der Waals surface area contributed by atoms with Crippen molar-refractivity contribution in [2.45, 2.75) is 32.2 Å². The molecule has 1 saturated heterocycles. The number of nitrogens with one attached hydrogen (secondary N) is 1. The number of rotatable bonds is 3. The van der Waals surface area contributed by atoms with Crippen molar-refractivity contribution in [3.05, 3.63) is 35.1 Å². The number of nitrogens with zero attached hydrogens (tertiary/aromatic N) is 2. The summed E-state index contributed by atoms with van der Waals surface area (Å²) in [6.07, 6.45) is 7.26. The topological polar surface area (TPSA) is 37.8 Å². The third-order valence-corrected chi connectivity index (χ3v) is 4.35. The number of pyridine rings is 1. The third kappa shape index (κ3) is 2.18. The van der Waals surface area contributed by atoms with Crippen molar-refractivity contribution in [1.82, 2.24) is 15.3 Å². The number of hydrogen-bond donors (Lipinski definition) is 1. The molecule has 2 aromatic rings. The van der Waals surface area contributed by atoms with Crippen LogP contribution in [-0.4, -0.2) is 16.5 Å². The number of hydrogen-bond acceptors (Lipinski definition) is 4. The predicted molar refractivity (Wildman–Crippen MR) is 74.7 cm³/mol. The van der Waals surface area contributed by atoms with E-state index in [-0.39, 0.29) is 0 Å². The van der Waals surface area contributed by atoms with Gasteiger partial charge in [0.1, 0.15) is 5.01 Å². The molecule has 0 aromatic carbocycles. The summed E-state index contributed by atoms with van der Waals surface area (Å²) in [4.78, 5) is 8.99. The van der Waals surface area contributed by atoms with Gasteiger partial charge in [0, 0.05) is 23.3 Å². The Morgan fingerprint density at radius 3 is 3.22 bits per heavy atom. The predicted octanol–water partition coefficient (Wildman–Crippen LogP) is 3.19. The van der Waals surface area contributed by atoms with Gasteiger partial charge in [-0.25, -0.2) is 4.98 Å². The summed E-state index contributed by atoms with van der Waals surface area (Å²) in [5, 5.41) is 6.81. The lowest BCUT2D eigenvalue weighted by Crippen LogP contribution is -2.12. The lowest BCUT2D eigenvalue weighted by atomic mass is 10.1. The van der Waals surface area contributed by atoms with E-state index in [1.807, 2.05) is 12.4 Å². The van der Waals surface area contributed by atoms with Crippen LogP contribution in [0, 0.1) is 0 Å². The zero-order valence-corrected chi connectivity index (χ0v) is 11.3. The maximum atomic E-state index is 4.80. The molecule has 94 valence electrons. The summed E-state index contributed by atoms with van der Waals surface area (Å²) in [5.41, 5.74) is 3.71. The molecule has 0 saturated carbocycles. The van der Waals surface area contributed by atoms with Gasteiger partial charge in [0.2, 0.25) is 0 Å². The number of thiazole rings is 1. The summed E-state index contributed by atoms with van der Waals surface area (Å²) in [7, 11) is 0. The van der Waals surface area contributed by atoms with E-state index in [2.05, 4.69) is 28.7 Å². The Balaban J connectivity index is 1.92. The highest BCUT2D eigenvalue weighted by molar-refractivity contribution is 7.13. The molecule has 1 fully saturated rings. The molecule has 1 aliphatic rings. The lowest BCUT2D eigenvalue weighted by Gasteiger charge is -2.06. The van der Waals surface area contributed by atoms with Crippen molar-refractivity contribution < 1.29 is 0 Å². The van der Waals surface area contributed by atoms with Crippen LogP contribution in [0.25, 0.3) is 10.6 Å². The van der Waals surface area contributed by atoms with Crippen LogP contribution in [0.2, 0.25) is 0 Å². The first-order chi connectivity index (χ1) is 8.88. The molecule has 0 spiro atoms. The first kappa shape index (κ1) is 11.8. The van der Waals surface area contributed by atoms with Gasteiger partial charge in [-0.15, -0.1) is 11.3 Å². The molecule has 3 nitrogen and oxygen atoms in total. The van der Waals surface area contributed by atoms with E-state index in [9.17, 15) is 0 Å². The Hall–Kier alpha value is -1.26. The molecular weight excluding hydrogens is 242 g/mol. The molecule has 3 rings (SSSR count). The molecule has 3 heterocycles. The molecule has 4 heteroatoms. The summed E-state index contributed by atoms with van der Waals surface area (Å²) >= 11 is 1.74. The van der Waals surface area contributed by atoms with Crippen molar-refractivity contribution in [1.29, 1.82) is 0 Å². The smallest absolute Gasteiger partial charge is 0.124 e. The molecule has 0 aliphatic carbocycles. The molecule has 0 radical (unpaired) electrons. The highest BCUT2D eigenvalue weighted by Gasteiger charge is 2.19. The van der Waals surface area contributed by atoms with Crippen LogP contribution in [0.4, 0.5) is 0 Å². The van der Waals surface area contributed by atoms with E-state index < -0.39 is 0 Å². The summed E-state index contributed by atoms with van der Waals surface area (Å²) in [6.45, 7) is 3.28. The minimum Gasteiger partial charge on any atom is -0.309 e. The Bertz CT molecular complexity index is 529. The number of aromatic nitrogens is 2. The zero-order valence-electron chi connectivity index (χ0n) is 10.5. The average molecular weight is 259 g/mol. The van der Waals surface area contributed by atoms with Crippen molar-refractivity contribution in [3.63, 3.8) is 0 Å². The zero-order chi connectivity index (χ0) is 12.4. The van der Waals surface area contributed by atoms with Crippen molar-refractivity contribution in [2.75, 3.05) is 6.54 Å². The minimum atomic E-state index is 0.460. The fraction of sp³-hybridized carbons (Fsp3) is 0.429. The molecule has 1 aliphatic heterocycles. The molecule has 1 atom stereocenters. The monoisotopic (exact) mass is 259 g/mol. The maximum absolute atomic E-state index is 4.80. The average Bonchev–Trinajstić information content (AvgIpc) is 3.09. The molecule has 2 aromatic heterocycles. The van der Waals surface area contributed by atoms with Gasteiger partial charge in [-0.2, -0.15) is 0 Å². The van der Waals surface area contributed by atoms with Gasteiger partial charge >= 0.3 is 0 Å². The van der Waals surface area contributed by atoms with Gasteiger partial charge in [-0.3, -0.25) is 4.98 Å². The Morgan fingerprint density at radius 1 is 1.50 bits per heavy atom. The second kappa shape index (κ2) is 5.16. The molecule has 1 N–H and O–H groups in total. The lowest BCUT2D eigenvalue weighted by molar-refractivity contribution is 0.632. The van der Waals surface area contributed by atoms with Crippen LogP contribution in [0.3, 0.4) is 0 Å². The van der Waals surface area contributed by atoms with E-state index in [0.29, 0.717) is 6.04 Å². The fourth-order valence-corrected chi connectivity index (χ4v) is 3.36. The molecule has 18 heavy (non-hydrogen) atoms. The molecular formula is C14H17N3S. The van der Waals surface area contributed by atoms with Crippen LogP contribution in [-0.2, 0) is 6.42 Å². The Morgan fingerprint density at radius 2 is 2.44 bits per heavy atom. The van der Waals surface area contributed by atoms with Gasteiger partial charge < -0.3 is 5.32 Å². The van der Waals surface area contributed by atoms with E-state index in [1.54, 1.807) is 11.3 Å². The van der Waals surface area contributed by atoms with Gasteiger partial charge in [-0.1, -0.05) is 6.92 Å². The van der Waals surface area contributed by atoms with Gasteiger partial charge in [0.25, 0.3) is 0 Å². The minimum absolute atomic E-state index is 0.460. The van der Waals surface area contributed by atoms with Crippen LogP contribution in [0.5, 0.6) is 0 Å². The largest absolute Gasteiger partial charge is 0.309 e. The highest BCUT2D eigenvalue weighted by atomic mass is 32.1. The molecule has 1 unspecified atom stereocenters. The van der Waals surface area contributed by atoms with Crippen LogP contribution < -0.4 is 5.32 Å². The second-order valence-electron chi connectivity index (χ2n) is 4.61. The van der Waals surface area contributed by atoms with E-state index >= 15 is 0 Å². The molecule has 0 amide bonds. The Kier molecular flexibility index (Phi) is 3.39. The standard InChI is InChI=1S/C14H17N3S/c1-2-10-8-15-7-5-11(10)14-17-13(9-18-14)12-4-3-6-16-12/h5,7-9,12,16H,2-4,6H2,1H3. The Labute approximate surface area is 111 Å². The SMILES string of the molecule is CCc1cnccc1-c1nc(C2CCCN2)cs1. The summed E-state index contributed by atoms with van der Waals surface area (Å²) < 4.78 is 0. The van der Waals surface area contributed by atoms with Gasteiger partial charge in [-0.05, 0) is 37.4 Å². The van der Waals surface area contributed by atoms with E-state index in [1.165, 1.54) is 29.7 Å². The maximum Gasteiger partial charge on any atom is 0.124 e. The number of aryl methyl sites for hydroxylation is 1. The van der Waals surface area contributed by atoms with E-state index in [4.69, 9.17) is 4.98 Å². The van der Waals surface area contributed by atoms with Crippen LogP contribution in [0.1, 0.15) is 37.1 Å². The van der Waals surface area contributed by atoms with Crippen molar-refractivity contribution >= 4 is 11.3 Å². The second-order valence-corrected chi connectivity index (χ2v) is 5.47. The van der Waals surface area contributed by atoms with Gasteiger partial charge in [0.05, 0.1) is 11.7 Å². The quantitative estimate of drug-likeness (QED) is 0.920.